The van der Waals surface area contributed by atoms with Crippen molar-refractivity contribution in [3.05, 3.63) is 0 Å². The zero-order valence-electron chi connectivity index (χ0n) is 8.23. The molecular weight excluding hydrogens is 151 g/mol. The van der Waals surface area contributed by atoms with Crippen LogP contribution in [0.25, 0.3) is 0 Å². The minimum atomic E-state index is 0.940. The van der Waals surface area contributed by atoms with Crippen molar-refractivity contribution in [2.24, 2.45) is 0 Å². The van der Waals surface area contributed by atoms with Crippen LogP contribution in [0.2, 0.25) is 12.6 Å². The molecular formula is C9H21BS. The standard InChI is InChI=1S/C9H21BS/c1-4-6-8-10(11-3)9-7-5-2/h4-9H2,1-3H3. The molecule has 2 heteroatoms. The molecule has 0 fully saturated rings. The maximum Gasteiger partial charge on any atom is 0.209 e. The molecule has 0 unspecified atom stereocenters. The molecule has 0 bridgehead atoms. The van der Waals surface area contributed by atoms with Crippen LogP contribution in [0.15, 0.2) is 0 Å². The highest BCUT2D eigenvalue weighted by Gasteiger charge is 2.09. The number of hydrogen-bond donors (Lipinski definition) is 0. The Morgan fingerprint density at radius 1 is 1.00 bits per heavy atom. The van der Waals surface area contributed by atoms with Crippen LogP contribution in [-0.2, 0) is 0 Å². The van der Waals surface area contributed by atoms with Crippen molar-refractivity contribution in [3.8, 4) is 0 Å². The summed E-state index contributed by atoms with van der Waals surface area (Å²) in [5.74, 6) is 0.940. The van der Waals surface area contributed by atoms with Crippen molar-refractivity contribution in [1.82, 2.24) is 0 Å². The maximum atomic E-state index is 2.28. The first-order chi connectivity index (χ1) is 5.35. The molecule has 0 atom stereocenters. The number of unbranched alkanes of at least 4 members (excludes halogenated alkanes) is 2. The fourth-order valence-corrected chi connectivity index (χ4v) is 2.05. The van der Waals surface area contributed by atoms with Crippen LogP contribution in [-0.4, -0.2) is 12.2 Å². The lowest BCUT2D eigenvalue weighted by atomic mass is 9.66. The Morgan fingerprint density at radius 2 is 1.45 bits per heavy atom. The molecule has 0 aliphatic rings. The third-order valence-corrected chi connectivity index (χ3v) is 3.23. The molecule has 11 heavy (non-hydrogen) atoms. The fraction of sp³-hybridized carbons (Fsp3) is 1.00. The maximum absolute atomic E-state index is 2.28. The van der Waals surface area contributed by atoms with Crippen molar-refractivity contribution < 1.29 is 0 Å². The molecule has 0 saturated carbocycles. The summed E-state index contributed by atoms with van der Waals surface area (Å²) in [7, 11) is 0. The van der Waals surface area contributed by atoms with Crippen molar-refractivity contribution in [3.63, 3.8) is 0 Å². The van der Waals surface area contributed by atoms with Crippen LogP contribution < -0.4 is 0 Å². The highest BCUT2D eigenvalue weighted by molar-refractivity contribution is 8.25. The van der Waals surface area contributed by atoms with E-state index in [9.17, 15) is 0 Å². The molecule has 0 aromatic carbocycles. The highest BCUT2D eigenvalue weighted by Crippen LogP contribution is 2.17. The first-order valence-corrected chi connectivity index (χ1v) is 6.16. The zero-order chi connectivity index (χ0) is 8.53. The van der Waals surface area contributed by atoms with Crippen LogP contribution >= 0.6 is 11.6 Å². The van der Waals surface area contributed by atoms with Crippen molar-refractivity contribution in [1.29, 1.82) is 0 Å². The predicted molar refractivity (Wildman–Crippen MR) is 58.7 cm³/mol. The van der Waals surface area contributed by atoms with E-state index in [1.165, 1.54) is 38.3 Å². The van der Waals surface area contributed by atoms with Crippen molar-refractivity contribution >= 4 is 17.6 Å². The molecule has 0 N–H and O–H groups in total. The molecule has 0 radical (unpaired) electrons. The van der Waals surface area contributed by atoms with Gasteiger partial charge in [-0.1, -0.05) is 52.2 Å². The minimum absolute atomic E-state index is 0.940. The second-order valence-corrected chi connectivity index (χ2v) is 4.28. The van der Waals surface area contributed by atoms with Gasteiger partial charge in [0.1, 0.15) is 0 Å². The van der Waals surface area contributed by atoms with E-state index in [-0.39, 0.29) is 0 Å². The van der Waals surface area contributed by atoms with Gasteiger partial charge in [-0.05, 0) is 6.26 Å². The molecule has 0 saturated heterocycles. The van der Waals surface area contributed by atoms with Gasteiger partial charge in [-0.3, -0.25) is 0 Å². The lowest BCUT2D eigenvalue weighted by Crippen LogP contribution is -2.05. The van der Waals surface area contributed by atoms with Gasteiger partial charge in [0.15, 0.2) is 0 Å². The summed E-state index contributed by atoms with van der Waals surface area (Å²) in [4.78, 5) is 0. The van der Waals surface area contributed by atoms with Gasteiger partial charge in [0.05, 0.1) is 0 Å². The minimum Gasteiger partial charge on any atom is -0.213 e. The molecule has 66 valence electrons. The summed E-state index contributed by atoms with van der Waals surface area (Å²) < 4.78 is 0. The molecule has 0 nitrogen and oxygen atoms in total. The van der Waals surface area contributed by atoms with Crippen LogP contribution in [0.3, 0.4) is 0 Å². The van der Waals surface area contributed by atoms with Crippen LogP contribution in [0, 0.1) is 0 Å². The highest BCUT2D eigenvalue weighted by atomic mass is 32.2. The van der Waals surface area contributed by atoms with E-state index in [2.05, 4.69) is 20.1 Å². The van der Waals surface area contributed by atoms with E-state index < -0.39 is 0 Å². The second-order valence-electron chi connectivity index (χ2n) is 3.14. The molecule has 0 heterocycles. The lowest BCUT2D eigenvalue weighted by Gasteiger charge is -2.08. The summed E-state index contributed by atoms with van der Waals surface area (Å²) in [6.45, 7) is 4.55. The Morgan fingerprint density at radius 3 is 1.73 bits per heavy atom. The monoisotopic (exact) mass is 172 g/mol. The number of rotatable bonds is 7. The topological polar surface area (TPSA) is 0 Å². The Bertz CT molecular complexity index is 68.0. The van der Waals surface area contributed by atoms with Crippen LogP contribution in [0.4, 0.5) is 0 Å². The van der Waals surface area contributed by atoms with Gasteiger partial charge in [-0.15, -0.1) is 0 Å². The summed E-state index contributed by atoms with van der Waals surface area (Å²) in [6, 6.07) is 0. The average Bonchev–Trinajstić information content (AvgIpc) is 2.05. The van der Waals surface area contributed by atoms with Gasteiger partial charge in [0.2, 0.25) is 5.99 Å². The Labute approximate surface area is 76.5 Å². The molecule has 0 aromatic heterocycles. The van der Waals surface area contributed by atoms with E-state index in [0.29, 0.717) is 0 Å². The van der Waals surface area contributed by atoms with E-state index >= 15 is 0 Å². The Kier molecular flexibility index (Phi) is 8.83. The van der Waals surface area contributed by atoms with E-state index in [1.54, 1.807) is 0 Å². The zero-order valence-corrected chi connectivity index (χ0v) is 9.04. The average molecular weight is 172 g/mol. The van der Waals surface area contributed by atoms with Crippen molar-refractivity contribution in [2.75, 3.05) is 6.26 Å². The summed E-state index contributed by atoms with van der Waals surface area (Å²) in [6.07, 6.45) is 10.6. The van der Waals surface area contributed by atoms with Crippen LogP contribution in [0.1, 0.15) is 39.5 Å². The second kappa shape index (κ2) is 8.51. The summed E-state index contributed by atoms with van der Waals surface area (Å²) in [5.41, 5.74) is 0. The largest absolute Gasteiger partial charge is 0.213 e. The molecule has 0 amide bonds. The third-order valence-electron chi connectivity index (χ3n) is 2.09. The molecule has 0 aliphatic heterocycles. The summed E-state index contributed by atoms with van der Waals surface area (Å²) >= 11 is 2.05. The number of hydrogen-bond acceptors (Lipinski definition) is 1. The lowest BCUT2D eigenvalue weighted by molar-refractivity contribution is 0.849. The molecule has 0 rings (SSSR count). The van der Waals surface area contributed by atoms with Gasteiger partial charge in [-0.2, -0.15) is 0 Å². The molecule has 0 spiro atoms. The van der Waals surface area contributed by atoms with E-state index in [1.807, 2.05) is 11.6 Å². The quantitative estimate of drug-likeness (QED) is 0.524. The predicted octanol–water partition coefficient (Wildman–Crippen LogP) is 3.94. The van der Waals surface area contributed by atoms with E-state index in [4.69, 9.17) is 0 Å². The SMILES string of the molecule is CCCCB(CCCC)SC. The normalized spacial score (nSPS) is 10.1. The van der Waals surface area contributed by atoms with Gasteiger partial charge < -0.3 is 0 Å². The van der Waals surface area contributed by atoms with Gasteiger partial charge in [0.25, 0.3) is 0 Å². The Balaban J connectivity index is 3.25. The molecule has 0 aromatic rings. The first kappa shape index (κ1) is 11.4. The van der Waals surface area contributed by atoms with Gasteiger partial charge in [0, 0.05) is 0 Å². The Hall–Kier alpha value is 0.415. The summed E-state index contributed by atoms with van der Waals surface area (Å²) in [5, 5.41) is 0. The molecule has 0 aliphatic carbocycles. The first-order valence-electron chi connectivity index (χ1n) is 4.87. The van der Waals surface area contributed by atoms with Gasteiger partial charge in [-0.25, -0.2) is 11.6 Å². The van der Waals surface area contributed by atoms with Crippen molar-refractivity contribution in [2.45, 2.75) is 52.2 Å². The third kappa shape index (κ3) is 6.80. The fourth-order valence-electron chi connectivity index (χ4n) is 1.24. The van der Waals surface area contributed by atoms with Gasteiger partial charge >= 0.3 is 0 Å². The van der Waals surface area contributed by atoms with E-state index in [0.717, 1.165) is 5.99 Å². The van der Waals surface area contributed by atoms with Crippen LogP contribution in [0.5, 0.6) is 0 Å². The smallest absolute Gasteiger partial charge is 0.209 e.